The van der Waals surface area contributed by atoms with Gasteiger partial charge in [0.1, 0.15) is 0 Å². The summed E-state index contributed by atoms with van der Waals surface area (Å²) < 4.78 is 5.27. The van der Waals surface area contributed by atoms with Gasteiger partial charge in [-0.3, -0.25) is 0 Å². The monoisotopic (exact) mass is 169 g/mol. The van der Waals surface area contributed by atoms with Crippen LogP contribution >= 0.6 is 0 Å². The van der Waals surface area contributed by atoms with Gasteiger partial charge in [-0.1, -0.05) is 13.8 Å². The Morgan fingerprint density at radius 2 is 2.33 bits per heavy atom. The third kappa shape index (κ3) is 2.86. The molecular formula is C10H19NO. The minimum Gasteiger partial charge on any atom is -0.501 e. The molecule has 0 aromatic heterocycles. The normalized spacial score (nSPS) is 18.4. The van der Waals surface area contributed by atoms with Crippen LogP contribution < -0.4 is 5.73 Å². The van der Waals surface area contributed by atoms with Gasteiger partial charge in [-0.25, -0.2) is 0 Å². The van der Waals surface area contributed by atoms with Crippen LogP contribution in [0, 0.1) is 5.41 Å². The lowest BCUT2D eigenvalue weighted by molar-refractivity contribution is 0.216. The van der Waals surface area contributed by atoms with Crippen LogP contribution in [0.4, 0.5) is 0 Å². The maximum absolute atomic E-state index is 5.66. The molecule has 12 heavy (non-hydrogen) atoms. The fraction of sp³-hybridized carbons (Fsp3) is 0.800. The highest BCUT2D eigenvalue weighted by Gasteiger charge is 2.18. The molecule has 0 spiro atoms. The van der Waals surface area contributed by atoms with Gasteiger partial charge in [-0.05, 0) is 36.8 Å². The zero-order valence-electron chi connectivity index (χ0n) is 8.10. The van der Waals surface area contributed by atoms with Crippen molar-refractivity contribution in [3.05, 3.63) is 11.8 Å². The molecule has 2 N–H and O–H groups in total. The second-order valence-electron chi connectivity index (χ2n) is 4.30. The molecule has 0 amide bonds. The summed E-state index contributed by atoms with van der Waals surface area (Å²) in [4.78, 5) is 0. The molecular weight excluding hydrogens is 150 g/mol. The number of hydrogen-bond donors (Lipinski definition) is 1. The van der Waals surface area contributed by atoms with Gasteiger partial charge in [0, 0.05) is 0 Å². The van der Waals surface area contributed by atoms with Gasteiger partial charge in [0.05, 0.1) is 12.9 Å². The minimum absolute atomic E-state index is 0.229. The minimum atomic E-state index is 0.229. The van der Waals surface area contributed by atoms with E-state index >= 15 is 0 Å². The lowest BCUT2D eigenvalue weighted by Crippen LogP contribution is -2.24. The van der Waals surface area contributed by atoms with E-state index in [0.717, 1.165) is 26.0 Å². The van der Waals surface area contributed by atoms with E-state index in [1.165, 1.54) is 12.0 Å². The summed E-state index contributed by atoms with van der Waals surface area (Å²) in [7, 11) is 0. The summed E-state index contributed by atoms with van der Waals surface area (Å²) in [6.45, 7) is 6.02. The molecule has 2 nitrogen and oxygen atoms in total. The molecule has 0 aromatic carbocycles. The molecule has 0 fully saturated rings. The molecule has 1 rings (SSSR count). The Hall–Kier alpha value is -0.500. The summed E-state index contributed by atoms with van der Waals surface area (Å²) in [5, 5.41) is 0. The fourth-order valence-corrected chi connectivity index (χ4v) is 1.44. The third-order valence-electron chi connectivity index (χ3n) is 2.27. The molecule has 1 aliphatic heterocycles. The van der Waals surface area contributed by atoms with Crippen molar-refractivity contribution in [2.45, 2.75) is 33.1 Å². The number of allylic oxidation sites excluding steroid dienone is 1. The quantitative estimate of drug-likeness (QED) is 0.701. The number of rotatable bonds is 3. The highest BCUT2D eigenvalue weighted by atomic mass is 16.5. The van der Waals surface area contributed by atoms with E-state index < -0.39 is 0 Å². The molecule has 0 saturated carbocycles. The maximum Gasteiger partial charge on any atom is 0.0876 e. The van der Waals surface area contributed by atoms with Crippen LogP contribution in [0.3, 0.4) is 0 Å². The van der Waals surface area contributed by atoms with E-state index in [1.807, 2.05) is 6.26 Å². The Balaban J connectivity index is 2.44. The Morgan fingerprint density at radius 1 is 1.58 bits per heavy atom. The standard InChI is InChI=1S/C10H19NO/c1-10(2,8-11)6-9-4-3-5-12-7-9/h7H,3-6,8,11H2,1-2H3. The molecule has 0 atom stereocenters. The van der Waals surface area contributed by atoms with E-state index in [9.17, 15) is 0 Å². The van der Waals surface area contributed by atoms with E-state index in [1.54, 1.807) is 0 Å². The molecule has 0 saturated heterocycles. The topological polar surface area (TPSA) is 35.2 Å². The summed E-state index contributed by atoms with van der Waals surface area (Å²) in [5.74, 6) is 0. The van der Waals surface area contributed by atoms with Gasteiger partial charge in [0.25, 0.3) is 0 Å². The molecule has 0 unspecified atom stereocenters. The van der Waals surface area contributed by atoms with E-state index in [-0.39, 0.29) is 5.41 Å². The predicted octanol–water partition coefficient (Wildman–Crippen LogP) is 2.06. The molecule has 1 heterocycles. The maximum atomic E-state index is 5.66. The van der Waals surface area contributed by atoms with Crippen molar-refractivity contribution in [1.82, 2.24) is 0 Å². The van der Waals surface area contributed by atoms with Crippen LogP contribution in [0.15, 0.2) is 11.8 Å². The van der Waals surface area contributed by atoms with E-state index in [2.05, 4.69) is 13.8 Å². The lowest BCUT2D eigenvalue weighted by Gasteiger charge is -2.25. The van der Waals surface area contributed by atoms with E-state index in [4.69, 9.17) is 10.5 Å². The van der Waals surface area contributed by atoms with Gasteiger partial charge in [0.2, 0.25) is 0 Å². The van der Waals surface area contributed by atoms with Gasteiger partial charge in [-0.2, -0.15) is 0 Å². The van der Waals surface area contributed by atoms with Gasteiger partial charge >= 0.3 is 0 Å². The van der Waals surface area contributed by atoms with Crippen molar-refractivity contribution in [1.29, 1.82) is 0 Å². The molecule has 0 aliphatic carbocycles. The molecule has 2 heteroatoms. The van der Waals surface area contributed by atoms with Crippen molar-refractivity contribution in [2.24, 2.45) is 11.1 Å². The van der Waals surface area contributed by atoms with Crippen molar-refractivity contribution in [3.8, 4) is 0 Å². The number of nitrogens with two attached hydrogens (primary N) is 1. The van der Waals surface area contributed by atoms with Crippen LogP contribution in [-0.4, -0.2) is 13.2 Å². The summed E-state index contributed by atoms with van der Waals surface area (Å²) in [5.41, 5.74) is 7.30. The van der Waals surface area contributed by atoms with Crippen molar-refractivity contribution in [2.75, 3.05) is 13.2 Å². The summed E-state index contributed by atoms with van der Waals surface area (Å²) >= 11 is 0. The second-order valence-corrected chi connectivity index (χ2v) is 4.30. The smallest absolute Gasteiger partial charge is 0.0876 e. The number of ether oxygens (including phenoxy) is 1. The predicted molar refractivity (Wildman–Crippen MR) is 50.7 cm³/mol. The zero-order chi connectivity index (χ0) is 9.03. The van der Waals surface area contributed by atoms with Crippen molar-refractivity contribution >= 4 is 0 Å². The van der Waals surface area contributed by atoms with Gasteiger partial charge in [0.15, 0.2) is 0 Å². The van der Waals surface area contributed by atoms with Gasteiger partial charge < -0.3 is 10.5 Å². The fourth-order valence-electron chi connectivity index (χ4n) is 1.44. The summed E-state index contributed by atoms with van der Waals surface area (Å²) in [6.07, 6.45) is 5.33. The Bertz CT molecular complexity index is 173. The van der Waals surface area contributed by atoms with E-state index in [0.29, 0.717) is 0 Å². The molecule has 0 aromatic rings. The lowest BCUT2D eigenvalue weighted by atomic mass is 9.84. The molecule has 0 bridgehead atoms. The number of hydrogen-bond acceptors (Lipinski definition) is 2. The first-order valence-corrected chi connectivity index (χ1v) is 4.64. The first-order valence-electron chi connectivity index (χ1n) is 4.64. The average molecular weight is 169 g/mol. The largest absolute Gasteiger partial charge is 0.501 e. The van der Waals surface area contributed by atoms with Crippen molar-refractivity contribution < 1.29 is 4.74 Å². The molecule has 0 radical (unpaired) electrons. The second kappa shape index (κ2) is 3.94. The average Bonchev–Trinajstić information content (AvgIpc) is 2.06. The Morgan fingerprint density at radius 3 is 2.83 bits per heavy atom. The highest BCUT2D eigenvalue weighted by Crippen LogP contribution is 2.27. The Labute approximate surface area is 74.8 Å². The van der Waals surface area contributed by atoms with Gasteiger partial charge in [-0.15, -0.1) is 0 Å². The highest BCUT2D eigenvalue weighted by molar-refractivity contribution is 5.03. The first kappa shape index (κ1) is 9.59. The zero-order valence-corrected chi connectivity index (χ0v) is 8.10. The van der Waals surface area contributed by atoms with Crippen LogP contribution in [-0.2, 0) is 4.74 Å². The SMILES string of the molecule is CC(C)(CN)CC1=COCCC1. The first-order chi connectivity index (χ1) is 5.64. The molecule has 70 valence electrons. The van der Waals surface area contributed by atoms with Crippen LogP contribution in [0.1, 0.15) is 33.1 Å². The van der Waals surface area contributed by atoms with Crippen LogP contribution in [0.25, 0.3) is 0 Å². The van der Waals surface area contributed by atoms with Crippen molar-refractivity contribution in [3.63, 3.8) is 0 Å². The molecule has 1 aliphatic rings. The van der Waals surface area contributed by atoms with Crippen LogP contribution in [0.2, 0.25) is 0 Å². The Kier molecular flexibility index (Phi) is 3.15. The third-order valence-corrected chi connectivity index (χ3v) is 2.27. The van der Waals surface area contributed by atoms with Crippen LogP contribution in [0.5, 0.6) is 0 Å². The summed E-state index contributed by atoms with van der Waals surface area (Å²) in [6, 6.07) is 0.